The van der Waals surface area contributed by atoms with Gasteiger partial charge in [0, 0.05) is 34.6 Å². The second kappa shape index (κ2) is 11.9. The number of amides is 1. The minimum atomic E-state index is -4.17. The number of allylic oxidation sites excluding steroid dienone is 1. The number of ether oxygens (including phenoxy) is 1. The van der Waals surface area contributed by atoms with Crippen LogP contribution in [0.15, 0.2) is 82.3 Å². The predicted molar refractivity (Wildman–Crippen MR) is 161 cm³/mol. The van der Waals surface area contributed by atoms with Crippen LogP contribution in [0.25, 0.3) is 6.08 Å². The van der Waals surface area contributed by atoms with Gasteiger partial charge in [-0.05, 0) is 84.5 Å². The van der Waals surface area contributed by atoms with Crippen molar-refractivity contribution in [1.82, 2.24) is 9.31 Å². The number of fused-ring (bicyclic) bond motifs is 1. The van der Waals surface area contributed by atoms with E-state index >= 15 is 0 Å². The summed E-state index contributed by atoms with van der Waals surface area (Å²) in [6.07, 6.45) is 4.59. The van der Waals surface area contributed by atoms with Gasteiger partial charge in [0.05, 0.1) is 25.0 Å². The first kappa shape index (κ1) is 29.0. The number of hydrogen-bond acceptors (Lipinski definition) is 5. The molecule has 2 aliphatic heterocycles. The minimum Gasteiger partial charge on any atom is -0.379 e. The minimum absolute atomic E-state index is 0.0356. The Kier molecular flexibility index (Phi) is 8.22. The first-order valence-corrected chi connectivity index (χ1v) is 15.9. The highest BCUT2D eigenvalue weighted by Gasteiger charge is 2.44. The Balaban J connectivity index is 1.40. The number of rotatable bonds is 5. The second-order valence-electron chi connectivity index (χ2n) is 10.5. The Morgan fingerprint density at radius 1 is 0.976 bits per heavy atom. The van der Waals surface area contributed by atoms with Crippen molar-refractivity contribution in [3.63, 3.8) is 0 Å². The van der Waals surface area contributed by atoms with Gasteiger partial charge in [-0.3, -0.25) is 4.79 Å². The third-order valence-electron chi connectivity index (χ3n) is 7.90. The quantitative estimate of drug-likeness (QED) is 0.320. The summed E-state index contributed by atoms with van der Waals surface area (Å²) < 4.78 is 48.0. The molecule has 2 fully saturated rings. The Morgan fingerprint density at radius 3 is 2.33 bits per heavy atom. The number of hydrazone groups is 1. The van der Waals surface area contributed by atoms with Crippen LogP contribution in [0.3, 0.4) is 0 Å². The van der Waals surface area contributed by atoms with Crippen LogP contribution >= 0.6 is 23.2 Å². The lowest BCUT2D eigenvalue weighted by molar-refractivity contribution is 0.0680. The fourth-order valence-corrected chi connectivity index (χ4v) is 7.56. The molecule has 0 radical (unpaired) electrons. The van der Waals surface area contributed by atoms with E-state index in [0.717, 1.165) is 53.8 Å². The van der Waals surface area contributed by atoms with E-state index in [2.05, 4.69) is 6.08 Å². The Bertz CT molecular complexity index is 1670. The smallest absolute Gasteiger partial charge is 0.274 e. The van der Waals surface area contributed by atoms with Crippen molar-refractivity contribution in [2.75, 3.05) is 26.3 Å². The summed E-state index contributed by atoms with van der Waals surface area (Å²) in [5.41, 5.74) is 3.70. The third-order valence-corrected chi connectivity index (χ3v) is 10.3. The molecule has 3 aromatic rings. The van der Waals surface area contributed by atoms with Gasteiger partial charge in [0.25, 0.3) is 5.91 Å². The fourth-order valence-electron chi connectivity index (χ4n) is 5.81. The van der Waals surface area contributed by atoms with Crippen LogP contribution in [-0.4, -0.2) is 55.7 Å². The molecule has 3 aromatic carbocycles. The SMILES string of the molecule is O=C(c1ccc(F)c(S(=O)(=O)N2CCOCC2)c1)N1N=C2/C(=C\c3ccc(Cl)cc3)CCC[C@@H]2[C@@H]1c1ccc(Cl)cc1. The zero-order chi connectivity index (χ0) is 29.4. The van der Waals surface area contributed by atoms with Gasteiger partial charge in [-0.2, -0.15) is 9.41 Å². The molecule has 7 nitrogen and oxygen atoms in total. The van der Waals surface area contributed by atoms with E-state index in [1.807, 2.05) is 36.4 Å². The summed E-state index contributed by atoms with van der Waals surface area (Å²) in [5.74, 6) is -1.51. The van der Waals surface area contributed by atoms with Crippen LogP contribution in [0.5, 0.6) is 0 Å². The zero-order valence-corrected chi connectivity index (χ0v) is 24.9. The summed E-state index contributed by atoms with van der Waals surface area (Å²) in [6.45, 7) is 0.674. The van der Waals surface area contributed by atoms with Crippen LogP contribution in [-0.2, 0) is 14.8 Å². The van der Waals surface area contributed by atoms with Crippen LogP contribution in [0.1, 0.15) is 46.8 Å². The third kappa shape index (κ3) is 5.64. The van der Waals surface area contributed by atoms with Crippen LogP contribution in [0, 0.1) is 11.7 Å². The lowest BCUT2D eigenvalue weighted by Crippen LogP contribution is -2.41. The lowest BCUT2D eigenvalue weighted by atomic mass is 9.77. The van der Waals surface area contributed by atoms with Gasteiger partial charge in [0.2, 0.25) is 10.0 Å². The van der Waals surface area contributed by atoms with Crippen LogP contribution in [0.4, 0.5) is 4.39 Å². The molecule has 6 rings (SSSR count). The maximum absolute atomic E-state index is 14.9. The predicted octanol–water partition coefficient (Wildman–Crippen LogP) is 6.59. The summed E-state index contributed by atoms with van der Waals surface area (Å²) in [4.78, 5) is 13.6. The Labute approximate surface area is 254 Å². The van der Waals surface area contributed by atoms with Gasteiger partial charge < -0.3 is 4.74 Å². The van der Waals surface area contributed by atoms with E-state index in [9.17, 15) is 17.6 Å². The molecule has 0 spiro atoms. The molecule has 0 unspecified atom stereocenters. The van der Waals surface area contributed by atoms with E-state index in [1.54, 1.807) is 12.1 Å². The van der Waals surface area contributed by atoms with E-state index in [0.29, 0.717) is 10.0 Å². The number of carbonyl (C=O) groups excluding carboxylic acids is 1. The number of morpholine rings is 1. The van der Waals surface area contributed by atoms with Crippen molar-refractivity contribution in [3.8, 4) is 0 Å². The van der Waals surface area contributed by atoms with E-state index in [1.165, 1.54) is 15.4 Å². The van der Waals surface area contributed by atoms with E-state index in [4.69, 9.17) is 33.0 Å². The molecule has 1 saturated heterocycles. The van der Waals surface area contributed by atoms with Gasteiger partial charge in [-0.25, -0.2) is 17.8 Å². The topological polar surface area (TPSA) is 79.3 Å². The highest BCUT2D eigenvalue weighted by Crippen LogP contribution is 2.45. The average Bonchev–Trinajstić information content (AvgIpc) is 3.39. The largest absolute Gasteiger partial charge is 0.379 e. The molecule has 218 valence electrons. The highest BCUT2D eigenvalue weighted by molar-refractivity contribution is 7.89. The maximum atomic E-state index is 14.9. The molecule has 0 aromatic heterocycles. The van der Waals surface area contributed by atoms with Crippen LogP contribution < -0.4 is 0 Å². The molecular weight excluding hydrogens is 600 g/mol. The molecule has 1 amide bonds. The van der Waals surface area contributed by atoms with Crippen molar-refractivity contribution in [2.45, 2.75) is 30.2 Å². The van der Waals surface area contributed by atoms with E-state index in [-0.39, 0.29) is 37.8 Å². The number of sulfonamides is 1. The number of halogens is 3. The molecule has 1 saturated carbocycles. The normalized spacial score (nSPS) is 22.2. The first-order valence-electron chi connectivity index (χ1n) is 13.7. The molecule has 2 heterocycles. The number of benzene rings is 3. The van der Waals surface area contributed by atoms with Gasteiger partial charge in [-0.1, -0.05) is 47.5 Å². The molecule has 1 aliphatic carbocycles. The van der Waals surface area contributed by atoms with Crippen molar-refractivity contribution >= 4 is 50.9 Å². The van der Waals surface area contributed by atoms with Crippen molar-refractivity contribution in [2.24, 2.45) is 11.0 Å². The standard InChI is InChI=1S/C31H28Cl2FN3O4S/c32-24-9-4-20(5-10-24)18-22-2-1-3-26-29(22)35-37(30(26)21-6-11-25(33)12-7-21)31(38)23-8-13-27(34)28(19-23)42(39,40)36-14-16-41-17-15-36/h4-13,18-19,26,30H,1-3,14-17H2/b22-18-/t26-,30-/m0/s1. The number of hydrogen-bond donors (Lipinski definition) is 0. The molecule has 2 atom stereocenters. The summed E-state index contributed by atoms with van der Waals surface area (Å²) in [6, 6.07) is 17.8. The Morgan fingerprint density at radius 2 is 1.64 bits per heavy atom. The van der Waals surface area contributed by atoms with Gasteiger partial charge in [0.1, 0.15) is 10.7 Å². The molecule has 3 aliphatic rings. The monoisotopic (exact) mass is 627 g/mol. The summed E-state index contributed by atoms with van der Waals surface area (Å²) in [7, 11) is -4.17. The van der Waals surface area contributed by atoms with Gasteiger partial charge in [0.15, 0.2) is 0 Å². The van der Waals surface area contributed by atoms with Crippen molar-refractivity contribution in [1.29, 1.82) is 0 Å². The number of carbonyl (C=O) groups is 1. The molecule has 0 N–H and O–H groups in total. The number of nitrogens with zero attached hydrogens (tertiary/aromatic N) is 3. The maximum Gasteiger partial charge on any atom is 0.274 e. The lowest BCUT2D eigenvalue weighted by Gasteiger charge is -2.30. The van der Waals surface area contributed by atoms with E-state index < -0.39 is 32.7 Å². The summed E-state index contributed by atoms with van der Waals surface area (Å²) in [5, 5.41) is 7.50. The van der Waals surface area contributed by atoms with Gasteiger partial charge in [-0.15, -0.1) is 0 Å². The zero-order valence-electron chi connectivity index (χ0n) is 22.5. The molecule has 11 heteroatoms. The fraction of sp³-hybridized carbons (Fsp3) is 0.290. The summed E-state index contributed by atoms with van der Waals surface area (Å²) >= 11 is 12.3. The van der Waals surface area contributed by atoms with Crippen molar-refractivity contribution in [3.05, 3.63) is 105 Å². The van der Waals surface area contributed by atoms with Gasteiger partial charge >= 0.3 is 0 Å². The molecule has 0 bridgehead atoms. The second-order valence-corrected chi connectivity index (χ2v) is 13.3. The van der Waals surface area contributed by atoms with Crippen LogP contribution in [0.2, 0.25) is 10.0 Å². The molecular formula is C31H28Cl2FN3O4S. The Hall–Kier alpha value is -3.08. The van der Waals surface area contributed by atoms with Crippen molar-refractivity contribution < 1.29 is 22.3 Å². The average molecular weight is 629 g/mol. The highest BCUT2D eigenvalue weighted by atomic mass is 35.5. The first-order chi connectivity index (χ1) is 20.2. The molecule has 42 heavy (non-hydrogen) atoms.